The minimum absolute atomic E-state index is 0.0723. The number of benzene rings is 2. The third-order valence-electron chi connectivity index (χ3n) is 10.2. The Hall–Kier alpha value is -5.33. The lowest BCUT2D eigenvalue weighted by Gasteiger charge is -2.30. The van der Waals surface area contributed by atoms with E-state index >= 15 is 8.63 Å². The second-order valence-corrected chi connectivity index (χ2v) is 16.7. The normalized spacial score (nSPS) is 15.5. The van der Waals surface area contributed by atoms with Crippen molar-refractivity contribution >= 4 is 61.4 Å². The molecule has 5 rings (SSSR count). The smallest absolute Gasteiger partial charge is 0.463 e. The number of nitrogens with one attached hydrogen (secondary N) is 2. The van der Waals surface area contributed by atoms with Gasteiger partial charge in [-0.15, -0.1) is 0 Å². The number of azo groups is 1. The quantitative estimate of drug-likeness (QED) is 0.0242. The maximum atomic E-state index is 15.6. The number of aromatic nitrogens is 1. The summed E-state index contributed by atoms with van der Waals surface area (Å²) in [5.41, 5.74) is 5.48. The molecule has 0 saturated carbocycles. The molecule has 20 heteroatoms. The third kappa shape index (κ3) is 13.6. The molecule has 3 heterocycles. The van der Waals surface area contributed by atoms with Gasteiger partial charge in [0.1, 0.15) is 18.4 Å². The Morgan fingerprint density at radius 3 is 2.26 bits per heavy atom. The van der Waals surface area contributed by atoms with Crippen LogP contribution in [0, 0.1) is 13.8 Å². The number of nitrogens with zero attached hydrogens (tertiary/aromatic N) is 5. The van der Waals surface area contributed by atoms with Crippen molar-refractivity contribution in [1.82, 2.24) is 15.1 Å². The number of hydrogen-bond acceptors (Lipinski definition) is 11. The van der Waals surface area contributed by atoms with Crippen LogP contribution < -0.4 is 15.5 Å². The van der Waals surface area contributed by atoms with Crippen LogP contribution in [-0.2, 0) is 27.9 Å². The minimum atomic E-state index is -4.58. The van der Waals surface area contributed by atoms with E-state index in [4.69, 9.17) is 13.8 Å². The average molecular weight is 882 g/mol. The predicted octanol–water partition coefficient (Wildman–Crippen LogP) is 6.89. The topological polar surface area (TPSA) is 196 Å². The number of allylic oxidation sites excluding steroid dienone is 2. The zero-order valence-electron chi connectivity index (χ0n) is 35.5. The highest BCUT2D eigenvalue weighted by Crippen LogP contribution is 2.43. The Kier molecular flexibility index (Phi) is 17.1. The number of aryl methyl sites for hydroxylation is 2. The fourth-order valence-electron chi connectivity index (χ4n) is 6.94. The lowest BCUT2D eigenvalue weighted by molar-refractivity contribution is -0.362. The van der Waals surface area contributed by atoms with Gasteiger partial charge in [-0.2, -0.15) is 10.2 Å². The van der Waals surface area contributed by atoms with Crippen LogP contribution in [0.25, 0.3) is 6.08 Å². The van der Waals surface area contributed by atoms with Gasteiger partial charge in [-0.3, -0.25) is 23.4 Å². The van der Waals surface area contributed by atoms with Gasteiger partial charge in [-0.25, -0.2) is 4.57 Å². The number of aliphatic hydroxyl groups is 1. The Morgan fingerprint density at radius 2 is 1.56 bits per heavy atom. The van der Waals surface area contributed by atoms with Crippen LogP contribution in [0.4, 0.5) is 25.7 Å². The number of unbranched alkanes of at least 4 members (excludes halogenated alkanes) is 3. The van der Waals surface area contributed by atoms with Gasteiger partial charge in [0.2, 0.25) is 5.91 Å². The van der Waals surface area contributed by atoms with E-state index in [9.17, 15) is 28.9 Å². The van der Waals surface area contributed by atoms with Crippen molar-refractivity contribution in [2.45, 2.75) is 71.3 Å². The molecule has 2 unspecified atom stereocenters. The summed E-state index contributed by atoms with van der Waals surface area (Å²) in [6.45, 7) is -1.63. The number of hydrogen-bond donors (Lipinski definition) is 4. The molecule has 2 atom stereocenters. The summed E-state index contributed by atoms with van der Waals surface area (Å²) in [4.78, 5) is 48.8. The highest BCUT2D eigenvalue weighted by atomic mass is 31.2. The van der Waals surface area contributed by atoms with Crippen molar-refractivity contribution in [1.29, 1.82) is 0 Å². The largest absolute Gasteiger partial charge is 0.737 e. The van der Waals surface area contributed by atoms with E-state index in [-0.39, 0.29) is 31.9 Å². The molecule has 0 bridgehead atoms. The number of halogens is 2. The number of carbonyl (C=O) groups excluding carboxylic acids is 3. The Morgan fingerprint density at radius 1 is 0.887 bits per heavy atom. The van der Waals surface area contributed by atoms with Gasteiger partial charge in [-0.05, 0) is 105 Å². The van der Waals surface area contributed by atoms with E-state index in [0.29, 0.717) is 84.8 Å². The van der Waals surface area contributed by atoms with Gasteiger partial charge in [0.15, 0.2) is 5.70 Å². The number of phosphoric acid groups is 1. The zero-order chi connectivity index (χ0) is 44.9. The van der Waals surface area contributed by atoms with Crippen molar-refractivity contribution in [3.63, 3.8) is 0 Å². The van der Waals surface area contributed by atoms with Gasteiger partial charge in [0, 0.05) is 81.6 Å². The van der Waals surface area contributed by atoms with E-state index < -0.39 is 46.0 Å². The number of aliphatic hydroxyl groups excluding tert-OH is 1. The van der Waals surface area contributed by atoms with Gasteiger partial charge in [0.25, 0.3) is 5.91 Å². The number of ether oxygens (including phenoxy) is 1. The molecule has 2 aliphatic rings. The second-order valence-electron chi connectivity index (χ2n) is 15.3. The summed E-state index contributed by atoms with van der Waals surface area (Å²) in [6, 6.07) is 15.7. The average Bonchev–Trinajstić information content (AvgIpc) is 3.80. The first-order valence-electron chi connectivity index (χ1n) is 20.6. The minimum Gasteiger partial charge on any atom is -0.463 e. The highest BCUT2D eigenvalue weighted by Gasteiger charge is 2.52. The van der Waals surface area contributed by atoms with Crippen LogP contribution in [0.15, 0.2) is 82.7 Å². The SMILES string of the molecule is Cc1cc(C)n2c1C=C1C=CC(CCCCC(=O)NCCCCCC(=O)OCC(O)COP(=O)(O)OCCNC(=O)c3ccc(N=Nc4ccc(N(C)C)cc4)cc3)=[N+]1[B-]2(F)F. The Bertz CT molecular complexity index is 2230. The summed E-state index contributed by atoms with van der Waals surface area (Å²) in [5, 5.41) is 23.8. The van der Waals surface area contributed by atoms with Crippen LogP contribution in [0.2, 0.25) is 0 Å². The molecule has 62 heavy (non-hydrogen) atoms. The molecule has 0 radical (unpaired) electrons. The molecule has 3 aromatic rings. The molecule has 334 valence electrons. The van der Waals surface area contributed by atoms with E-state index in [1.165, 1.54) is 0 Å². The van der Waals surface area contributed by atoms with Crippen molar-refractivity contribution in [2.24, 2.45) is 10.2 Å². The van der Waals surface area contributed by atoms with Crippen LogP contribution >= 0.6 is 7.82 Å². The van der Waals surface area contributed by atoms with Gasteiger partial charge in [0.05, 0.1) is 24.6 Å². The van der Waals surface area contributed by atoms with Gasteiger partial charge < -0.3 is 47.9 Å². The van der Waals surface area contributed by atoms with E-state index in [1.807, 2.05) is 50.2 Å². The van der Waals surface area contributed by atoms with Crippen LogP contribution in [0.1, 0.15) is 78.7 Å². The summed E-state index contributed by atoms with van der Waals surface area (Å²) >= 11 is 0. The first kappa shape index (κ1) is 47.7. The first-order chi connectivity index (χ1) is 29.5. The predicted molar refractivity (Wildman–Crippen MR) is 232 cm³/mol. The number of anilines is 1. The van der Waals surface area contributed by atoms with Crippen molar-refractivity contribution in [3.05, 3.63) is 95.0 Å². The van der Waals surface area contributed by atoms with Crippen molar-refractivity contribution in [3.8, 4) is 0 Å². The third-order valence-corrected chi connectivity index (χ3v) is 11.1. The molecule has 16 nitrogen and oxygen atoms in total. The van der Waals surface area contributed by atoms with E-state index in [1.54, 1.807) is 55.5 Å². The molecular formula is C42H55BF2N7O9P. The summed E-state index contributed by atoms with van der Waals surface area (Å²) in [5.74, 6) is -1.15. The van der Waals surface area contributed by atoms with E-state index in [0.717, 1.165) is 20.2 Å². The monoisotopic (exact) mass is 881 g/mol. The molecule has 4 N–H and O–H groups in total. The number of fused-ring (bicyclic) bond motifs is 2. The first-order valence-corrected chi connectivity index (χ1v) is 22.1. The van der Waals surface area contributed by atoms with Crippen molar-refractivity contribution in [2.75, 3.05) is 51.9 Å². The number of esters is 1. The summed E-state index contributed by atoms with van der Waals surface area (Å²) < 4.78 is 60.3. The maximum Gasteiger partial charge on any atom is 0.737 e. The molecule has 0 aliphatic carbocycles. The van der Waals surface area contributed by atoms with Crippen LogP contribution in [0.3, 0.4) is 0 Å². The molecule has 2 aromatic carbocycles. The Balaban J connectivity index is 0.856. The van der Waals surface area contributed by atoms with Gasteiger partial charge in [-0.1, -0.05) is 6.42 Å². The molecule has 0 fully saturated rings. The van der Waals surface area contributed by atoms with Gasteiger partial charge >= 0.3 is 20.8 Å². The molecular weight excluding hydrogens is 826 g/mol. The fourth-order valence-corrected chi connectivity index (χ4v) is 7.70. The lowest BCUT2D eigenvalue weighted by atomic mass is 9.90. The number of amides is 2. The van der Waals surface area contributed by atoms with Crippen LogP contribution in [0.5, 0.6) is 0 Å². The number of rotatable bonds is 24. The fraction of sp³-hybridized carbons (Fsp3) is 0.429. The molecule has 0 saturated heterocycles. The highest BCUT2D eigenvalue weighted by molar-refractivity contribution is 7.47. The molecule has 0 spiro atoms. The lowest BCUT2D eigenvalue weighted by Crippen LogP contribution is -2.50. The zero-order valence-corrected chi connectivity index (χ0v) is 36.4. The molecule has 2 amide bonds. The molecule has 2 aliphatic heterocycles. The number of phosphoric ester groups is 1. The van der Waals surface area contributed by atoms with E-state index in [2.05, 4.69) is 20.9 Å². The molecule has 1 aromatic heterocycles. The summed E-state index contributed by atoms with van der Waals surface area (Å²) in [6.07, 6.45) is 7.50. The maximum absolute atomic E-state index is 15.6. The number of carbonyl (C=O) groups is 3. The summed E-state index contributed by atoms with van der Waals surface area (Å²) in [7, 11) is -0.693. The standard InChI is InChI=1S/C42H55BF2N7O9P/c1-30-26-31(2)51-39(30)27-37-22-21-36(52(37)43(51,44)45)10-7-8-11-40(54)46-23-9-5-6-12-41(55)59-28-38(53)29-61-62(57,58)60-25-24-47-42(56)32-13-15-33(16-14-32)48-49-34-17-19-35(20-18-34)50(3)4/h13-22,26-27,38,53H,5-12,23-25,28-29H2,1-4H3,(H,46,54)(H,47,56)(H,57,58). The van der Waals surface area contributed by atoms with Crippen molar-refractivity contribution < 1.29 is 55.9 Å². The van der Waals surface area contributed by atoms with Crippen LogP contribution in [-0.4, -0.2) is 103 Å². The Labute approximate surface area is 360 Å². The second kappa shape index (κ2) is 22.2.